The van der Waals surface area contributed by atoms with E-state index in [4.69, 9.17) is 0 Å². The van der Waals surface area contributed by atoms with E-state index in [1.807, 2.05) is 11.3 Å². The lowest BCUT2D eigenvalue weighted by Crippen LogP contribution is -2.00. The van der Waals surface area contributed by atoms with Crippen molar-refractivity contribution in [3.05, 3.63) is 46.5 Å². The van der Waals surface area contributed by atoms with Crippen molar-refractivity contribution in [3.8, 4) is 0 Å². The molecule has 132 valence electrons. The quantitative estimate of drug-likeness (QED) is 0.439. The fraction of sp³-hybridized carbons (Fsp3) is 0.571. The molecule has 1 aromatic carbocycles. The molecular weight excluding hydrogens is 312 g/mol. The van der Waals surface area contributed by atoms with E-state index < -0.39 is 0 Å². The number of nitrogens with zero attached hydrogens (tertiary/aromatic N) is 1. The number of benzene rings is 1. The zero-order valence-electron chi connectivity index (χ0n) is 15.3. The van der Waals surface area contributed by atoms with Gasteiger partial charge in [-0.2, -0.15) is 0 Å². The molecular formula is C21H32N2S. The third kappa shape index (κ3) is 7.04. The highest BCUT2D eigenvalue weighted by Gasteiger charge is 2.07. The van der Waals surface area contributed by atoms with Crippen LogP contribution in [0.1, 0.15) is 74.4 Å². The number of unbranched alkanes of at least 4 members (excludes halogenated alkanes) is 7. The minimum absolute atomic E-state index is 0.990. The Kier molecular flexibility index (Phi) is 8.90. The predicted molar refractivity (Wildman–Crippen MR) is 107 cm³/mol. The minimum atomic E-state index is 0.990. The van der Waals surface area contributed by atoms with Crippen molar-refractivity contribution in [2.24, 2.45) is 0 Å². The molecule has 0 aliphatic rings. The Hall–Kier alpha value is -1.35. The summed E-state index contributed by atoms with van der Waals surface area (Å²) in [5.41, 5.74) is 2.53. The van der Waals surface area contributed by atoms with Gasteiger partial charge in [0.1, 0.15) is 0 Å². The van der Waals surface area contributed by atoms with E-state index in [0.29, 0.717) is 0 Å². The summed E-state index contributed by atoms with van der Waals surface area (Å²) in [5.74, 6) is 0. The normalized spacial score (nSPS) is 10.9. The largest absolute Gasteiger partial charge is 0.362 e. The Labute approximate surface area is 151 Å². The second-order valence-electron chi connectivity index (χ2n) is 6.59. The van der Waals surface area contributed by atoms with Gasteiger partial charge in [-0.1, -0.05) is 82.2 Å². The van der Waals surface area contributed by atoms with Crippen molar-refractivity contribution in [3.63, 3.8) is 0 Å². The molecule has 2 aromatic rings. The van der Waals surface area contributed by atoms with Crippen LogP contribution in [0.25, 0.3) is 0 Å². The fourth-order valence-corrected chi connectivity index (χ4v) is 3.93. The molecule has 0 saturated heterocycles. The lowest BCUT2D eigenvalue weighted by atomic mass is 10.1. The maximum atomic E-state index is 4.68. The highest BCUT2D eigenvalue weighted by Crippen LogP contribution is 2.25. The van der Waals surface area contributed by atoms with Crippen molar-refractivity contribution in [2.45, 2.75) is 71.6 Å². The van der Waals surface area contributed by atoms with Gasteiger partial charge in [0.25, 0.3) is 0 Å². The lowest BCUT2D eigenvalue weighted by molar-refractivity contribution is 0.581. The zero-order chi connectivity index (χ0) is 17.0. The molecule has 0 spiro atoms. The molecule has 0 aliphatic heterocycles. The maximum absolute atomic E-state index is 4.68. The molecule has 0 bridgehead atoms. The highest BCUT2D eigenvalue weighted by molar-refractivity contribution is 7.15. The predicted octanol–water partition coefficient (Wildman–Crippen LogP) is 6.59. The summed E-state index contributed by atoms with van der Waals surface area (Å²) >= 11 is 1.81. The maximum Gasteiger partial charge on any atom is 0.183 e. The summed E-state index contributed by atoms with van der Waals surface area (Å²) in [6, 6.07) is 10.7. The van der Waals surface area contributed by atoms with Crippen molar-refractivity contribution < 1.29 is 0 Å². The average Bonchev–Trinajstić information content (AvgIpc) is 2.94. The summed E-state index contributed by atoms with van der Waals surface area (Å²) in [7, 11) is 0. The van der Waals surface area contributed by atoms with Crippen molar-refractivity contribution in [2.75, 3.05) is 11.9 Å². The number of thiazole rings is 1. The highest BCUT2D eigenvalue weighted by atomic mass is 32.1. The van der Waals surface area contributed by atoms with E-state index in [1.54, 1.807) is 0 Å². The molecule has 0 unspecified atom stereocenters. The smallest absolute Gasteiger partial charge is 0.183 e. The summed E-state index contributed by atoms with van der Waals surface area (Å²) in [4.78, 5) is 6.06. The standard InChI is InChI=1S/C21H32N2S/c1-3-4-5-6-7-8-9-13-16-22-21-23-18(2)20(24-21)17-19-14-11-10-12-15-19/h10-12,14-15H,3-9,13,16-17H2,1-2H3,(H,22,23). The fourth-order valence-electron chi connectivity index (χ4n) is 2.90. The molecule has 1 heterocycles. The summed E-state index contributed by atoms with van der Waals surface area (Å²) in [6.07, 6.45) is 11.9. The number of nitrogens with one attached hydrogen (secondary N) is 1. The van der Waals surface area contributed by atoms with Crippen LogP contribution >= 0.6 is 11.3 Å². The zero-order valence-corrected chi connectivity index (χ0v) is 16.1. The third-order valence-corrected chi connectivity index (χ3v) is 5.52. The molecule has 2 rings (SSSR count). The van der Waals surface area contributed by atoms with E-state index in [9.17, 15) is 0 Å². The summed E-state index contributed by atoms with van der Waals surface area (Å²) in [5, 5.41) is 4.59. The molecule has 0 radical (unpaired) electrons. The van der Waals surface area contributed by atoms with Crippen LogP contribution in [0, 0.1) is 6.92 Å². The molecule has 1 aromatic heterocycles. The molecule has 0 atom stereocenters. The first-order valence-corrected chi connectivity index (χ1v) is 10.4. The summed E-state index contributed by atoms with van der Waals surface area (Å²) < 4.78 is 0. The van der Waals surface area contributed by atoms with Crippen molar-refractivity contribution in [1.29, 1.82) is 0 Å². The average molecular weight is 345 g/mol. The van der Waals surface area contributed by atoms with E-state index >= 15 is 0 Å². The van der Waals surface area contributed by atoms with Gasteiger partial charge in [0, 0.05) is 17.8 Å². The Morgan fingerprint density at radius 3 is 2.29 bits per heavy atom. The molecule has 24 heavy (non-hydrogen) atoms. The SMILES string of the molecule is CCCCCCCCCCNc1nc(C)c(Cc2ccccc2)s1. The molecule has 3 heteroatoms. The van der Waals surface area contributed by atoms with Crippen LogP contribution in [0.3, 0.4) is 0 Å². The van der Waals surface area contributed by atoms with Crippen LogP contribution in [0.2, 0.25) is 0 Å². The number of hydrogen-bond acceptors (Lipinski definition) is 3. The monoisotopic (exact) mass is 344 g/mol. The van der Waals surface area contributed by atoms with Gasteiger partial charge in [-0.25, -0.2) is 4.98 Å². The van der Waals surface area contributed by atoms with E-state index in [-0.39, 0.29) is 0 Å². The Morgan fingerprint density at radius 1 is 0.917 bits per heavy atom. The Balaban J connectivity index is 1.62. The minimum Gasteiger partial charge on any atom is -0.362 e. The molecule has 0 saturated carbocycles. The van der Waals surface area contributed by atoms with Gasteiger partial charge in [0.2, 0.25) is 0 Å². The summed E-state index contributed by atoms with van der Waals surface area (Å²) in [6.45, 7) is 5.44. The Morgan fingerprint density at radius 2 is 1.58 bits per heavy atom. The second kappa shape index (κ2) is 11.2. The van der Waals surface area contributed by atoms with Gasteiger partial charge in [0.05, 0.1) is 5.69 Å². The molecule has 2 nitrogen and oxygen atoms in total. The number of aromatic nitrogens is 1. The number of hydrogen-bond donors (Lipinski definition) is 1. The van der Waals surface area contributed by atoms with E-state index in [2.05, 4.69) is 54.5 Å². The van der Waals surface area contributed by atoms with Gasteiger partial charge in [-0.3, -0.25) is 0 Å². The van der Waals surface area contributed by atoms with Crippen molar-refractivity contribution >= 4 is 16.5 Å². The Bertz CT molecular complexity index is 562. The molecule has 0 aliphatic carbocycles. The molecule has 1 N–H and O–H groups in total. The van der Waals surface area contributed by atoms with Gasteiger partial charge in [0.15, 0.2) is 5.13 Å². The van der Waals surface area contributed by atoms with Gasteiger partial charge < -0.3 is 5.32 Å². The van der Waals surface area contributed by atoms with Crippen LogP contribution in [-0.2, 0) is 6.42 Å². The second-order valence-corrected chi connectivity index (χ2v) is 7.68. The van der Waals surface area contributed by atoms with E-state index in [0.717, 1.165) is 18.1 Å². The number of aryl methyl sites for hydroxylation is 1. The van der Waals surface area contributed by atoms with Gasteiger partial charge in [-0.05, 0) is 18.9 Å². The van der Waals surface area contributed by atoms with Gasteiger partial charge in [-0.15, -0.1) is 11.3 Å². The van der Waals surface area contributed by atoms with E-state index in [1.165, 1.54) is 67.5 Å². The van der Waals surface area contributed by atoms with Crippen LogP contribution in [0.15, 0.2) is 30.3 Å². The third-order valence-electron chi connectivity index (χ3n) is 4.41. The van der Waals surface area contributed by atoms with Crippen LogP contribution in [0.5, 0.6) is 0 Å². The molecule has 0 amide bonds. The first kappa shape index (κ1) is 19.0. The van der Waals surface area contributed by atoms with Crippen LogP contribution in [0.4, 0.5) is 5.13 Å². The lowest BCUT2D eigenvalue weighted by Gasteiger charge is -2.03. The first-order valence-electron chi connectivity index (χ1n) is 9.53. The van der Waals surface area contributed by atoms with Gasteiger partial charge >= 0.3 is 0 Å². The molecule has 0 fully saturated rings. The van der Waals surface area contributed by atoms with Crippen molar-refractivity contribution in [1.82, 2.24) is 4.98 Å². The topological polar surface area (TPSA) is 24.9 Å². The van der Waals surface area contributed by atoms with Crippen LogP contribution in [-0.4, -0.2) is 11.5 Å². The number of rotatable bonds is 12. The number of anilines is 1. The van der Waals surface area contributed by atoms with Crippen LogP contribution < -0.4 is 5.32 Å². The first-order chi connectivity index (χ1) is 11.8.